The lowest BCUT2D eigenvalue weighted by molar-refractivity contribution is -0.384. The Hall–Kier alpha value is -2.61. The number of carbonyl (C=O) groups is 1. The average Bonchev–Trinajstić information content (AvgIpc) is 2.48. The number of aromatic nitrogens is 2. The highest BCUT2D eigenvalue weighted by Crippen LogP contribution is 2.14. The molecule has 21 heavy (non-hydrogen) atoms. The van der Waals surface area contributed by atoms with Crippen LogP contribution in [0, 0.1) is 10.1 Å². The Morgan fingerprint density at radius 1 is 1.33 bits per heavy atom. The van der Waals surface area contributed by atoms with Gasteiger partial charge in [-0.05, 0) is 27.6 Å². The summed E-state index contributed by atoms with van der Waals surface area (Å²) in [5.41, 5.74) is 0.526. The van der Waals surface area contributed by atoms with Gasteiger partial charge in [0.15, 0.2) is 5.82 Å². The minimum absolute atomic E-state index is 0.0312. The van der Waals surface area contributed by atoms with Crippen LogP contribution in [0.1, 0.15) is 5.56 Å². The van der Waals surface area contributed by atoms with Gasteiger partial charge in [0.05, 0.1) is 17.3 Å². The van der Waals surface area contributed by atoms with Gasteiger partial charge in [0, 0.05) is 18.2 Å². The number of non-ortho nitro benzene ring substituents is 1. The van der Waals surface area contributed by atoms with E-state index in [9.17, 15) is 14.9 Å². The van der Waals surface area contributed by atoms with Crippen molar-refractivity contribution < 1.29 is 9.72 Å². The number of nitrogens with zero attached hydrogens (tertiary/aromatic N) is 3. The van der Waals surface area contributed by atoms with Crippen molar-refractivity contribution in [3.05, 3.63) is 63.0 Å². The van der Waals surface area contributed by atoms with Crippen molar-refractivity contribution in [2.45, 2.75) is 0 Å². The predicted molar refractivity (Wildman–Crippen MR) is 80.5 cm³/mol. The zero-order chi connectivity index (χ0) is 15.2. The number of amides is 1. The molecule has 7 nitrogen and oxygen atoms in total. The lowest BCUT2D eigenvalue weighted by atomic mass is 10.2. The van der Waals surface area contributed by atoms with Gasteiger partial charge >= 0.3 is 0 Å². The van der Waals surface area contributed by atoms with Gasteiger partial charge in [0.2, 0.25) is 5.91 Å². The van der Waals surface area contributed by atoms with Crippen LogP contribution < -0.4 is 5.32 Å². The lowest BCUT2D eigenvalue weighted by Gasteiger charge is -2.00. The fourth-order valence-corrected chi connectivity index (χ4v) is 1.66. The van der Waals surface area contributed by atoms with Crippen molar-refractivity contribution in [1.29, 1.82) is 0 Å². The first-order chi connectivity index (χ1) is 10.0. The van der Waals surface area contributed by atoms with Gasteiger partial charge in [0.25, 0.3) is 5.69 Å². The third-order valence-corrected chi connectivity index (χ3v) is 2.79. The Morgan fingerprint density at radius 3 is 2.81 bits per heavy atom. The molecule has 0 saturated carbocycles. The maximum atomic E-state index is 11.7. The van der Waals surface area contributed by atoms with Crippen LogP contribution in [0.15, 0.2) is 47.3 Å². The predicted octanol–water partition coefficient (Wildman–Crippen LogP) is 2.80. The molecule has 1 heterocycles. The molecule has 0 aliphatic rings. The maximum absolute atomic E-state index is 11.7. The largest absolute Gasteiger partial charge is 0.306 e. The molecule has 0 aliphatic carbocycles. The summed E-state index contributed by atoms with van der Waals surface area (Å²) < 4.78 is 0.563. The summed E-state index contributed by atoms with van der Waals surface area (Å²) in [6, 6.07) is 5.98. The van der Waals surface area contributed by atoms with Crippen molar-refractivity contribution in [2.75, 3.05) is 5.32 Å². The molecule has 0 spiro atoms. The quantitative estimate of drug-likeness (QED) is 0.520. The summed E-state index contributed by atoms with van der Waals surface area (Å²) in [5.74, 6) is -0.0926. The number of hydrogen-bond acceptors (Lipinski definition) is 5. The normalized spacial score (nSPS) is 10.5. The van der Waals surface area contributed by atoms with Gasteiger partial charge in [-0.15, -0.1) is 0 Å². The van der Waals surface area contributed by atoms with Gasteiger partial charge in [-0.25, -0.2) is 9.97 Å². The van der Waals surface area contributed by atoms with E-state index in [1.807, 2.05) is 0 Å². The molecule has 106 valence electrons. The molecule has 1 amide bonds. The Morgan fingerprint density at radius 2 is 2.14 bits per heavy atom. The van der Waals surface area contributed by atoms with Gasteiger partial charge in [0.1, 0.15) is 4.60 Å². The fraction of sp³-hybridized carbons (Fsp3) is 0. The molecule has 8 heteroatoms. The summed E-state index contributed by atoms with van der Waals surface area (Å²) in [7, 11) is 0. The second-order valence-corrected chi connectivity index (χ2v) is 4.71. The minimum atomic E-state index is -0.491. The molecule has 2 aromatic rings. The first-order valence-electron chi connectivity index (χ1n) is 5.75. The Balaban J connectivity index is 2.03. The van der Waals surface area contributed by atoms with Gasteiger partial charge in [-0.3, -0.25) is 14.9 Å². The summed E-state index contributed by atoms with van der Waals surface area (Å²) in [4.78, 5) is 29.7. The van der Waals surface area contributed by atoms with Crippen LogP contribution in [-0.2, 0) is 4.79 Å². The van der Waals surface area contributed by atoms with Gasteiger partial charge in [-0.1, -0.05) is 12.1 Å². The van der Waals surface area contributed by atoms with Crippen molar-refractivity contribution >= 4 is 39.4 Å². The molecule has 0 unspecified atom stereocenters. The number of rotatable bonds is 4. The van der Waals surface area contributed by atoms with Crippen LogP contribution in [0.3, 0.4) is 0 Å². The first kappa shape index (κ1) is 14.8. The number of nitro groups is 1. The molecular formula is C13H9BrN4O3. The topological polar surface area (TPSA) is 98.0 Å². The average molecular weight is 349 g/mol. The molecule has 1 N–H and O–H groups in total. The number of carbonyl (C=O) groups excluding carboxylic acids is 1. The van der Waals surface area contributed by atoms with E-state index in [1.54, 1.807) is 12.1 Å². The van der Waals surface area contributed by atoms with E-state index in [2.05, 4.69) is 31.2 Å². The van der Waals surface area contributed by atoms with E-state index in [0.717, 1.165) is 0 Å². The van der Waals surface area contributed by atoms with E-state index in [1.165, 1.54) is 36.7 Å². The zero-order valence-corrected chi connectivity index (χ0v) is 12.1. The molecule has 1 aromatic carbocycles. The van der Waals surface area contributed by atoms with Crippen molar-refractivity contribution in [1.82, 2.24) is 9.97 Å². The highest BCUT2D eigenvalue weighted by molar-refractivity contribution is 9.10. The van der Waals surface area contributed by atoms with Crippen LogP contribution >= 0.6 is 15.9 Å². The maximum Gasteiger partial charge on any atom is 0.270 e. The summed E-state index contributed by atoms with van der Waals surface area (Å²) in [5, 5.41) is 13.2. The van der Waals surface area contributed by atoms with Crippen LogP contribution in [0.25, 0.3) is 6.08 Å². The second-order valence-electron chi connectivity index (χ2n) is 3.90. The molecule has 0 bridgehead atoms. The standard InChI is InChI=1S/C13H9BrN4O3/c14-11-7-16-12(8-15-11)17-13(19)5-4-9-2-1-3-10(6-9)18(20)21/h1-8H,(H,16,17,19). The third-order valence-electron chi connectivity index (χ3n) is 2.38. The van der Waals surface area contributed by atoms with E-state index >= 15 is 0 Å². The van der Waals surface area contributed by atoms with Crippen LogP contribution in [0.2, 0.25) is 0 Å². The van der Waals surface area contributed by atoms with Gasteiger partial charge in [-0.2, -0.15) is 0 Å². The Kier molecular flexibility index (Phi) is 4.72. The number of benzene rings is 1. The smallest absolute Gasteiger partial charge is 0.270 e. The molecule has 0 fully saturated rings. The SMILES string of the molecule is O=C(C=Cc1cccc([N+](=O)[O-])c1)Nc1cnc(Br)cn1. The summed E-state index contributed by atoms with van der Waals surface area (Å²) in [6.07, 6.45) is 5.61. The number of anilines is 1. The summed E-state index contributed by atoms with van der Waals surface area (Å²) >= 11 is 3.14. The molecule has 1 aromatic heterocycles. The molecular weight excluding hydrogens is 340 g/mol. The van der Waals surface area contributed by atoms with Crippen molar-refractivity contribution in [3.8, 4) is 0 Å². The lowest BCUT2D eigenvalue weighted by Crippen LogP contribution is -2.09. The van der Waals surface area contributed by atoms with Gasteiger partial charge < -0.3 is 5.32 Å². The number of nitro benzene ring substituents is 1. The number of hydrogen-bond donors (Lipinski definition) is 1. The number of nitrogens with one attached hydrogen (secondary N) is 1. The van der Waals surface area contributed by atoms with E-state index < -0.39 is 10.8 Å². The van der Waals surface area contributed by atoms with E-state index in [4.69, 9.17) is 0 Å². The van der Waals surface area contributed by atoms with Crippen molar-refractivity contribution in [3.63, 3.8) is 0 Å². The van der Waals surface area contributed by atoms with Crippen molar-refractivity contribution in [2.24, 2.45) is 0 Å². The van der Waals surface area contributed by atoms with E-state index in [0.29, 0.717) is 16.0 Å². The molecule has 0 radical (unpaired) electrons. The number of halogens is 1. The van der Waals surface area contributed by atoms with Crippen LogP contribution in [0.5, 0.6) is 0 Å². The Labute approximate surface area is 128 Å². The highest BCUT2D eigenvalue weighted by Gasteiger charge is 2.04. The molecule has 2 rings (SSSR count). The zero-order valence-electron chi connectivity index (χ0n) is 10.6. The third kappa shape index (κ3) is 4.46. The first-order valence-corrected chi connectivity index (χ1v) is 6.55. The van der Waals surface area contributed by atoms with Crippen LogP contribution in [-0.4, -0.2) is 20.8 Å². The second kappa shape index (κ2) is 6.71. The molecule has 0 saturated heterocycles. The van der Waals surface area contributed by atoms with E-state index in [-0.39, 0.29) is 5.69 Å². The Bertz CT molecular complexity index is 701. The molecule has 0 atom stereocenters. The minimum Gasteiger partial charge on any atom is -0.306 e. The fourth-order valence-electron chi connectivity index (χ4n) is 1.46. The monoisotopic (exact) mass is 348 g/mol. The molecule has 0 aliphatic heterocycles. The highest BCUT2D eigenvalue weighted by atomic mass is 79.9. The van der Waals surface area contributed by atoms with Crippen LogP contribution in [0.4, 0.5) is 11.5 Å². The summed E-state index contributed by atoms with van der Waals surface area (Å²) in [6.45, 7) is 0.